The van der Waals surface area contributed by atoms with Crippen molar-refractivity contribution in [3.8, 4) is 22.7 Å². The lowest BCUT2D eigenvalue weighted by atomic mass is 10.0. The van der Waals surface area contributed by atoms with Gasteiger partial charge in [-0.2, -0.15) is 5.10 Å². The topological polar surface area (TPSA) is 184 Å². The fourth-order valence-electron chi connectivity index (χ4n) is 9.67. The van der Waals surface area contributed by atoms with Crippen molar-refractivity contribution in [2.45, 2.75) is 38.4 Å². The number of benzene rings is 4. The van der Waals surface area contributed by atoms with Crippen LogP contribution in [0.25, 0.3) is 28.0 Å². The molecule has 4 N–H and O–H groups in total. The number of halogens is 2. The van der Waals surface area contributed by atoms with Crippen LogP contribution in [0.4, 0.5) is 26.0 Å². The van der Waals surface area contributed by atoms with Crippen molar-refractivity contribution in [1.82, 2.24) is 40.2 Å². The highest BCUT2D eigenvalue weighted by Crippen LogP contribution is 2.35. The van der Waals surface area contributed by atoms with Gasteiger partial charge in [0.1, 0.15) is 41.3 Å². The van der Waals surface area contributed by atoms with Crippen molar-refractivity contribution in [3.05, 3.63) is 119 Å². The van der Waals surface area contributed by atoms with E-state index in [9.17, 15) is 23.6 Å². The van der Waals surface area contributed by atoms with Gasteiger partial charge in [0.15, 0.2) is 5.65 Å². The van der Waals surface area contributed by atoms with Gasteiger partial charge in [0.05, 0.1) is 29.4 Å². The van der Waals surface area contributed by atoms with E-state index < -0.39 is 23.7 Å². The number of nitrogens with one attached hydrogen (secondary N) is 2. The first-order valence-corrected chi connectivity index (χ1v) is 22.0. The molecule has 4 aromatic carbocycles. The highest BCUT2D eigenvalue weighted by Gasteiger charge is 2.39. The minimum atomic E-state index is -0.637. The Morgan fingerprint density at radius 2 is 1.70 bits per heavy atom. The number of fused-ring (bicyclic) bond motifs is 2. The molecular formula is C48H47F2N11O5. The molecule has 2 atom stereocenters. The molecular weight excluding hydrogens is 849 g/mol. The van der Waals surface area contributed by atoms with Gasteiger partial charge in [0.2, 0.25) is 11.8 Å². The summed E-state index contributed by atoms with van der Waals surface area (Å²) >= 11 is 0. The minimum Gasteiger partial charge on any atom is -0.496 e. The molecule has 0 unspecified atom stereocenters. The maximum Gasteiger partial charge on any atom is 0.255 e. The fraction of sp³-hybridized carbons (Fsp3) is 0.312. The lowest BCUT2D eigenvalue weighted by Crippen LogP contribution is -2.52. The molecule has 0 bridgehead atoms. The number of nitrogens with zero attached hydrogens (tertiary/aromatic N) is 8. The van der Waals surface area contributed by atoms with E-state index in [1.165, 1.54) is 31.6 Å². The number of amides is 4. The number of aromatic nitrogens is 4. The molecule has 4 aliphatic heterocycles. The number of nitrogen functional groups attached to an aromatic ring is 1. The third-order valence-corrected chi connectivity index (χ3v) is 13.1. The van der Waals surface area contributed by atoms with Crippen LogP contribution >= 0.6 is 0 Å². The van der Waals surface area contributed by atoms with E-state index in [0.29, 0.717) is 58.1 Å². The molecule has 16 nitrogen and oxygen atoms in total. The number of carbonyl (C=O) groups is 4. The second kappa shape index (κ2) is 17.5. The highest BCUT2D eigenvalue weighted by atomic mass is 19.1. The first-order valence-electron chi connectivity index (χ1n) is 22.0. The maximum absolute atomic E-state index is 16.1. The zero-order chi connectivity index (χ0) is 45.6. The summed E-state index contributed by atoms with van der Waals surface area (Å²) < 4.78 is 36.8. The molecule has 4 amide bonds. The van der Waals surface area contributed by atoms with E-state index in [1.807, 2.05) is 42.5 Å². The van der Waals surface area contributed by atoms with Crippen molar-refractivity contribution in [2.75, 3.05) is 68.5 Å². The monoisotopic (exact) mass is 895 g/mol. The van der Waals surface area contributed by atoms with Gasteiger partial charge in [-0.1, -0.05) is 24.3 Å². The van der Waals surface area contributed by atoms with Crippen molar-refractivity contribution >= 4 is 51.9 Å². The van der Waals surface area contributed by atoms with Crippen molar-refractivity contribution in [2.24, 2.45) is 5.92 Å². The normalized spacial score (nSPS) is 18.8. The minimum absolute atomic E-state index is 0.0948. The number of piperidine rings is 1. The van der Waals surface area contributed by atoms with Crippen LogP contribution in [0.2, 0.25) is 0 Å². The Morgan fingerprint density at radius 3 is 2.47 bits per heavy atom. The molecule has 18 heteroatoms. The zero-order valence-corrected chi connectivity index (χ0v) is 36.2. The predicted octanol–water partition coefficient (Wildman–Crippen LogP) is 4.69. The van der Waals surface area contributed by atoms with Gasteiger partial charge in [0.25, 0.3) is 11.8 Å². The van der Waals surface area contributed by atoms with Gasteiger partial charge in [-0.25, -0.2) is 23.4 Å². The number of methoxy groups -OCH3 is 1. The highest BCUT2D eigenvalue weighted by molar-refractivity contribution is 6.05. The number of nitrogens with two attached hydrogens (primary N) is 1. The number of piperazine rings is 1. The Bertz CT molecular complexity index is 2900. The smallest absolute Gasteiger partial charge is 0.255 e. The van der Waals surface area contributed by atoms with Gasteiger partial charge >= 0.3 is 0 Å². The summed E-state index contributed by atoms with van der Waals surface area (Å²) in [6, 6.07) is 21.5. The summed E-state index contributed by atoms with van der Waals surface area (Å²) in [4.78, 5) is 67.4. The summed E-state index contributed by atoms with van der Waals surface area (Å²) in [5.41, 5.74) is 12.5. The zero-order valence-electron chi connectivity index (χ0n) is 36.2. The summed E-state index contributed by atoms with van der Waals surface area (Å²) in [7, 11) is 1.42. The molecule has 4 aliphatic rings. The van der Waals surface area contributed by atoms with Crippen LogP contribution in [0.1, 0.15) is 51.1 Å². The average Bonchev–Trinajstić information content (AvgIpc) is 4.04. The van der Waals surface area contributed by atoms with Gasteiger partial charge < -0.3 is 30.5 Å². The molecule has 0 spiro atoms. The molecule has 0 saturated carbocycles. The Hall–Kier alpha value is -7.47. The quantitative estimate of drug-likeness (QED) is 0.153. The number of hydrogen-bond acceptors (Lipinski definition) is 12. The third-order valence-electron chi connectivity index (χ3n) is 13.1. The van der Waals surface area contributed by atoms with Crippen LogP contribution in [-0.4, -0.2) is 112 Å². The largest absolute Gasteiger partial charge is 0.496 e. The maximum atomic E-state index is 16.1. The van der Waals surface area contributed by atoms with Crippen molar-refractivity contribution < 1.29 is 32.7 Å². The molecule has 6 heterocycles. The SMILES string of the molecule is COc1ccc(F)cc1C(=O)NCc1ccc(-c2nn(-c3ccc(N4CC[C@H](CN5CCN(c6ccc7c(c6)CN([C@H]6CCC(=O)NC6=O)C7=O)CC5)C4)c(F)c3)c3ncnc(N)c23)cc1. The van der Waals surface area contributed by atoms with Crippen LogP contribution < -0.4 is 30.9 Å². The van der Waals surface area contributed by atoms with Crippen molar-refractivity contribution in [1.29, 1.82) is 0 Å². The van der Waals surface area contributed by atoms with E-state index >= 15 is 4.39 Å². The standard InChI is InChI=1S/C48H47F2N11O5/c1-66-40-12-6-32(49)21-36(40)46(63)52-23-28-2-4-30(5-3-28)43-42-44(51)53-27-54-45(42)61(56-43)34-8-10-38(37(50)22-34)59-15-14-29(25-59)24-57-16-18-58(19-17-57)33-7-9-35-31(20-33)26-60(48(35)65)39-11-13-41(62)55-47(39)64/h2-10,12,20-22,27,29,39H,11,13-19,23-26H2,1H3,(H,52,63)(H2,51,53,54)(H,55,62,64)/t29-,39+/m1/s1. The summed E-state index contributed by atoms with van der Waals surface area (Å²) in [6.45, 7) is 6.32. The Kier molecular flexibility index (Phi) is 11.3. The van der Waals surface area contributed by atoms with Crippen molar-refractivity contribution in [3.63, 3.8) is 0 Å². The second-order valence-corrected chi connectivity index (χ2v) is 17.2. The van der Waals surface area contributed by atoms with Gasteiger partial charge in [-0.15, -0.1) is 0 Å². The molecule has 338 valence electrons. The lowest BCUT2D eigenvalue weighted by molar-refractivity contribution is -0.136. The van der Waals surface area contributed by atoms with E-state index in [0.717, 1.165) is 75.1 Å². The van der Waals surface area contributed by atoms with Crippen LogP contribution in [0, 0.1) is 17.6 Å². The number of hydrogen-bond donors (Lipinski definition) is 3. The summed E-state index contributed by atoms with van der Waals surface area (Å²) in [5.74, 6) is -1.41. The molecule has 3 fully saturated rings. The Labute approximate surface area is 378 Å². The first-order chi connectivity index (χ1) is 32.0. The van der Waals surface area contributed by atoms with Crippen LogP contribution in [0.15, 0.2) is 85.2 Å². The second-order valence-electron chi connectivity index (χ2n) is 17.2. The molecule has 6 aromatic rings. The molecule has 66 heavy (non-hydrogen) atoms. The number of ether oxygens (including phenoxy) is 1. The molecule has 3 saturated heterocycles. The first kappa shape index (κ1) is 42.5. The lowest BCUT2D eigenvalue weighted by Gasteiger charge is -2.37. The van der Waals surface area contributed by atoms with E-state index in [4.69, 9.17) is 15.6 Å². The van der Waals surface area contributed by atoms with Gasteiger partial charge in [0, 0.05) is 88.2 Å². The van der Waals surface area contributed by atoms with Gasteiger partial charge in [-0.3, -0.25) is 29.4 Å². The number of rotatable bonds is 11. The molecule has 2 aromatic heterocycles. The Balaban J connectivity index is 0.758. The Morgan fingerprint density at radius 1 is 0.894 bits per heavy atom. The third kappa shape index (κ3) is 8.12. The number of anilines is 3. The summed E-state index contributed by atoms with van der Waals surface area (Å²) in [6.07, 6.45) is 2.85. The fourth-order valence-corrected chi connectivity index (χ4v) is 9.67. The van der Waals surface area contributed by atoms with Crippen LogP contribution in [0.3, 0.4) is 0 Å². The molecule has 10 rings (SSSR count). The van der Waals surface area contributed by atoms with E-state index in [2.05, 4.69) is 41.4 Å². The number of carbonyl (C=O) groups excluding carboxylic acids is 4. The average molecular weight is 896 g/mol. The van der Waals surface area contributed by atoms with E-state index in [1.54, 1.807) is 15.6 Å². The molecule has 0 aliphatic carbocycles. The summed E-state index contributed by atoms with van der Waals surface area (Å²) in [5, 5.41) is 10.5. The molecule has 0 radical (unpaired) electrons. The predicted molar refractivity (Wildman–Crippen MR) is 242 cm³/mol. The van der Waals surface area contributed by atoms with Crippen LogP contribution in [0.5, 0.6) is 5.75 Å². The van der Waals surface area contributed by atoms with Gasteiger partial charge in [-0.05, 0) is 78.4 Å². The van der Waals surface area contributed by atoms with Crippen LogP contribution in [-0.2, 0) is 22.7 Å². The number of imide groups is 1. The van der Waals surface area contributed by atoms with E-state index in [-0.39, 0.29) is 47.7 Å².